The van der Waals surface area contributed by atoms with Crippen LogP contribution in [0, 0.1) is 11.5 Å². The van der Waals surface area contributed by atoms with Crippen molar-refractivity contribution >= 4 is 0 Å². The Labute approximate surface area is 100 Å². The highest BCUT2D eigenvalue weighted by molar-refractivity contribution is 5.31. The Morgan fingerprint density at radius 1 is 1.44 bits per heavy atom. The van der Waals surface area contributed by atoms with E-state index in [-0.39, 0.29) is 5.41 Å². The highest BCUT2D eigenvalue weighted by atomic mass is 14.3. The molecule has 0 spiro atoms. The molecule has 0 aromatic rings. The number of allylic oxidation sites excluding steroid dienone is 7. The lowest BCUT2D eigenvalue weighted by molar-refractivity contribution is 0.374. The van der Waals surface area contributed by atoms with Crippen molar-refractivity contribution in [3.05, 3.63) is 47.6 Å². The summed E-state index contributed by atoms with van der Waals surface area (Å²) >= 11 is 0. The van der Waals surface area contributed by atoms with Crippen LogP contribution in [0.5, 0.6) is 0 Å². The van der Waals surface area contributed by atoms with Crippen LogP contribution in [-0.4, -0.2) is 0 Å². The first-order chi connectivity index (χ1) is 7.47. The van der Waals surface area contributed by atoms with Crippen molar-refractivity contribution in [1.82, 2.24) is 0 Å². The average Bonchev–Trinajstić information content (AvgIpc) is 2.21. The van der Waals surface area contributed by atoms with Gasteiger partial charge in [0, 0.05) is 0 Å². The van der Waals surface area contributed by atoms with E-state index in [2.05, 4.69) is 46.4 Å². The molecule has 16 heavy (non-hydrogen) atoms. The molecule has 0 fully saturated rings. The first-order valence-electron chi connectivity index (χ1n) is 6.06. The predicted molar refractivity (Wildman–Crippen MR) is 72.1 cm³/mol. The third-order valence-electron chi connectivity index (χ3n) is 3.35. The molecular formula is C16H23. The maximum absolute atomic E-state index is 3.74. The van der Waals surface area contributed by atoms with Crippen molar-refractivity contribution in [3.8, 4) is 0 Å². The van der Waals surface area contributed by atoms with E-state index in [9.17, 15) is 0 Å². The van der Waals surface area contributed by atoms with Gasteiger partial charge in [-0.2, -0.15) is 0 Å². The minimum absolute atomic E-state index is 0.286. The summed E-state index contributed by atoms with van der Waals surface area (Å²) in [6, 6.07) is 0. The summed E-state index contributed by atoms with van der Waals surface area (Å²) in [5.41, 5.74) is 4.36. The lowest BCUT2D eigenvalue weighted by Gasteiger charge is -2.32. The molecule has 0 saturated carbocycles. The molecule has 0 nitrogen and oxygen atoms in total. The van der Waals surface area contributed by atoms with Crippen LogP contribution in [0.3, 0.4) is 0 Å². The second-order valence-corrected chi connectivity index (χ2v) is 5.32. The van der Waals surface area contributed by atoms with Crippen molar-refractivity contribution in [2.75, 3.05) is 0 Å². The third kappa shape index (κ3) is 3.23. The smallest absolute Gasteiger partial charge is 0.00978 e. The van der Waals surface area contributed by atoms with Crippen LogP contribution in [0.2, 0.25) is 0 Å². The molecule has 0 atom stereocenters. The topological polar surface area (TPSA) is 0 Å². The molecule has 0 aliphatic heterocycles. The van der Waals surface area contributed by atoms with Crippen LogP contribution in [0.4, 0.5) is 0 Å². The quantitative estimate of drug-likeness (QED) is 0.581. The van der Waals surface area contributed by atoms with Gasteiger partial charge in [-0.15, -0.1) is 0 Å². The highest BCUT2D eigenvalue weighted by Crippen LogP contribution is 2.40. The van der Waals surface area contributed by atoms with Gasteiger partial charge in [0.2, 0.25) is 0 Å². The molecule has 1 rings (SSSR count). The standard InChI is InChI=1S/C16H23/c1-6-13(2)9-7-11-15-14(3)10-8-12-16(15,4)5/h6-7,9H,1,8,10,12H2,2-5H3. The van der Waals surface area contributed by atoms with Gasteiger partial charge in [-0.05, 0) is 50.2 Å². The zero-order valence-electron chi connectivity index (χ0n) is 11.1. The molecule has 0 heterocycles. The van der Waals surface area contributed by atoms with Gasteiger partial charge in [0.25, 0.3) is 0 Å². The molecule has 0 amide bonds. The second-order valence-electron chi connectivity index (χ2n) is 5.32. The molecule has 0 N–H and O–H groups in total. The van der Waals surface area contributed by atoms with Crippen LogP contribution in [0.1, 0.15) is 47.0 Å². The molecule has 1 radical (unpaired) electrons. The Balaban J connectivity index is 2.89. The summed E-state index contributed by atoms with van der Waals surface area (Å²) in [6.07, 6.45) is 13.2. The zero-order chi connectivity index (χ0) is 12.2. The molecule has 0 aromatic carbocycles. The normalized spacial score (nSPS) is 21.6. The second kappa shape index (κ2) is 5.34. The SMILES string of the molecule is C=CC(C)=C/C=[C]/C1=C(C)CCCC1(C)C. The van der Waals surface area contributed by atoms with Crippen LogP contribution in [0.25, 0.3) is 0 Å². The van der Waals surface area contributed by atoms with E-state index in [0.717, 1.165) is 0 Å². The minimum atomic E-state index is 0.286. The molecular weight excluding hydrogens is 192 g/mol. The van der Waals surface area contributed by atoms with E-state index in [1.54, 1.807) is 0 Å². The summed E-state index contributed by atoms with van der Waals surface area (Å²) in [4.78, 5) is 0. The fraction of sp³-hybridized carbons (Fsp3) is 0.500. The van der Waals surface area contributed by atoms with Crippen LogP contribution in [-0.2, 0) is 0 Å². The van der Waals surface area contributed by atoms with Crippen LogP contribution < -0.4 is 0 Å². The van der Waals surface area contributed by atoms with Crippen LogP contribution >= 0.6 is 0 Å². The monoisotopic (exact) mass is 215 g/mol. The Kier molecular flexibility index (Phi) is 4.35. The van der Waals surface area contributed by atoms with Crippen LogP contribution in [0.15, 0.2) is 41.5 Å². The summed E-state index contributed by atoms with van der Waals surface area (Å²) in [6.45, 7) is 12.7. The van der Waals surface area contributed by atoms with Gasteiger partial charge in [0.15, 0.2) is 0 Å². The van der Waals surface area contributed by atoms with Gasteiger partial charge in [0.1, 0.15) is 0 Å². The number of hydrogen-bond acceptors (Lipinski definition) is 0. The average molecular weight is 215 g/mol. The van der Waals surface area contributed by atoms with Gasteiger partial charge in [0.05, 0.1) is 0 Å². The van der Waals surface area contributed by atoms with E-state index in [0.29, 0.717) is 0 Å². The van der Waals surface area contributed by atoms with Gasteiger partial charge in [-0.25, -0.2) is 0 Å². The van der Waals surface area contributed by atoms with Gasteiger partial charge in [-0.3, -0.25) is 0 Å². The summed E-state index contributed by atoms with van der Waals surface area (Å²) in [7, 11) is 0. The van der Waals surface area contributed by atoms with Crippen molar-refractivity contribution in [2.45, 2.75) is 47.0 Å². The van der Waals surface area contributed by atoms with Crippen molar-refractivity contribution in [3.63, 3.8) is 0 Å². The van der Waals surface area contributed by atoms with Gasteiger partial charge < -0.3 is 0 Å². The summed E-state index contributed by atoms with van der Waals surface area (Å²) in [5.74, 6) is 0. The van der Waals surface area contributed by atoms with E-state index in [1.807, 2.05) is 12.2 Å². The maximum Gasteiger partial charge on any atom is -0.00978 e. The first kappa shape index (κ1) is 13.0. The molecule has 1 aliphatic rings. The lowest BCUT2D eigenvalue weighted by Crippen LogP contribution is -2.19. The van der Waals surface area contributed by atoms with Crippen molar-refractivity contribution in [1.29, 1.82) is 0 Å². The lowest BCUT2D eigenvalue weighted by atomic mass is 9.72. The molecule has 0 bridgehead atoms. The highest BCUT2D eigenvalue weighted by Gasteiger charge is 2.26. The maximum atomic E-state index is 3.74. The Bertz CT molecular complexity index is 348. The van der Waals surface area contributed by atoms with E-state index < -0.39 is 0 Å². The van der Waals surface area contributed by atoms with Crippen molar-refractivity contribution in [2.24, 2.45) is 5.41 Å². The molecule has 0 saturated heterocycles. The summed E-state index contributed by atoms with van der Waals surface area (Å²) < 4.78 is 0. The van der Waals surface area contributed by atoms with E-state index >= 15 is 0 Å². The molecule has 1 aliphatic carbocycles. The Hall–Kier alpha value is -1.04. The molecule has 87 valence electrons. The van der Waals surface area contributed by atoms with E-state index in [1.165, 1.54) is 36.0 Å². The fourth-order valence-electron chi connectivity index (χ4n) is 2.27. The number of rotatable bonds is 3. The minimum Gasteiger partial charge on any atom is -0.0988 e. The van der Waals surface area contributed by atoms with Gasteiger partial charge >= 0.3 is 0 Å². The third-order valence-corrected chi connectivity index (χ3v) is 3.35. The Morgan fingerprint density at radius 3 is 2.69 bits per heavy atom. The van der Waals surface area contributed by atoms with Crippen molar-refractivity contribution < 1.29 is 0 Å². The van der Waals surface area contributed by atoms with E-state index in [4.69, 9.17) is 0 Å². The molecule has 0 aromatic heterocycles. The molecule has 0 unspecified atom stereocenters. The number of hydrogen-bond donors (Lipinski definition) is 0. The molecule has 0 heteroatoms. The Morgan fingerprint density at radius 2 is 2.12 bits per heavy atom. The fourth-order valence-corrected chi connectivity index (χ4v) is 2.27. The largest absolute Gasteiger partial charge is 0.0988 e. The van der Waals surface area contributed by atoms with Gasteiger partial charge in [-0.1, -0.05) is 49.8 Å². The first-order valence-corrected chi connectivity index (χ1v) is 6.06. The zero-order valence-corrected chi connectivity index (χ0v) is 11.1. The predicted octanol–water partition coefficient (Wildman–Crippen LogP) is 5.00. The summed E-state index contributed by atoms with van der Waals surface area (Å²) in [5, 5.41) is 0.